The molecule has 0 saturated carbocycles. The predicted octanol–water partition coefficient (Wildman–Crippen LogP) is 3.29. The van der Waals surface area contributed by atoms with E-state index in [9.17, 15) is 0 Å². The van der Waals surface area contributed by atoms with Crippen LogP contribution in [0.25, 0.3) is 0 Å². The van der Waals surface area contributed by atoms with Crippen molar-refractivity contribution in [1.82, 2.24) is 0 Å². The van der Waals surface area contributed by atoms with E-state index in [0.717, 1.165) is 17.2 Å². The Hall–Kier alpha value is -2.18. The molecule has 2 nitrogen and oxygen atoms in total. The Labute approximate surface area is 145 Å². The molecule has 3 aromatic carbocycles. The summed E-state index contributed by atoms with van der Waals surface area (Å²) in [6.07, 6.45) is 0. The molecule has 1 aliphatic heterocycles. The van der Waals surface area contributed by atoms with Gasteiger partial charge in [0.25, 0.3) is 0 Å². The Balaban J connectivity index is 1.92. The first-order valence-corrected chi connectivity index (χ1v) is 12.9. The van der Waals surface area contributed by atoms with Crippen molar-refractivity contribution in [2.24, 2.45) is 0 Å². The van der Waals surface area contributed by atoms with Crippen LogP contribution >= 0.6 is 0 Å². The average molecular weight is 379 g/mol. The zero-order chi connectivity index (χ0) is 16.6. The number of hydrogen-bond donors (Lipinski definition) is 0. The normalized spacial score (nSPS) is 14.2. The Bertz CT molecular complexity index is 826. The van der Waals surface area contributed by atoms with Crippen molar-refractivity contribution in [3.63, 3.8) is 0 Å². The first-order valence-electron chi connectivity index (χ1n) is 8.20. The van der Waals surface area contributed by atoms with Gasteiger partial charge in [-0.15, -0.1) is 0 Å². The summed E-state index contributed by atoms with van der Waals surface area (Å²) in [6, 6.07) is 25.6. The van der Waals surface area contributed by atoms with Gasteiger partial charge < -0.3 is 0 Å². The van der Waals surface area contributed by atoms with Crippen LogP contribution in [0.3, 0.4) is 0 Å². The van der Waals surface area contributed by atoms with Crippen LogP contribution in [0, 0.1) is 0 Å². The van der Waals surface area contributed by atoms with Crippen molar-refractivity contribution in [2.75, 3.05) is 6.61 Å². The molecule has 0 aliphatic carbocycles. The number of rotatable bonds is 3. The average Bonchev–Trinajstić information content (AvgIpc) is 2.63. The van der Waals surface area contributed by atoms with E-state index in [-0.39, 0.29) is 0 Å². The van der Waals surface area contributed by atoms with Crippen molar-refractivity contribution in [3.05, 3.63) is 72.8 Å². The Morgan fingerprint density at radius 3 is 1.88 bits per heavy atom. The summed E-state index contributed by atoms with van der Waals surface area (Å²) in [6.45, 7) is 2.70. The van der Waals surface area contributed by atoms with Gasteiger partial charge in [0.15, 0.2) is 0 Å². The van der Waals surface area contributed by atoms with Gasteiger partial charge in [0.2, 0.25) is 0 Å². The molecule has 0 atom stereocenters. The molecular weight excluding hydrogens is 359 g/mol. The molecule has 1 aliphatic rings. The number of para-hydroxylation sites is 2. The molecule has 0 saturated heterocycles. The minimum atomic E-state index is -2.51. The third-order valence-corrected chi connectivity index (χ3v) is 13.0. The van der Waals surface area contributed by atoms with Crippen LogP contribution in [-0.4, -0.2) is 20.2 Å². The molecule has 0 amide bonds. The van der Waals surface area contributed by atoms with E-state index in [2.05, 4.69) is 66.4 Å². The van der Waals surface area contributed by atoms with E-state index in [1.165, 1.54) is 13.1 Å². The van der Waals surface area contributed by atoms with E-state index in [4.69, 9.17) is 9.47 Å². The molecule has 4 rings (SSSR count). The second-order valence-corrected chi connectivity index (χ2v) is 13.3. The summed E-state index contributed by atoms with van der Waals surface area (Å²) in [5, 5.41) is 0. The second kappa shape index (κ2) is 6.03. The number of ether oxygens (including phenoxy) is 2. The van der Waals surface area contributed by atoms with Gasteiger partial charge in [0, 0.05) is 0 Å². The number of benzene rings is 3. The van der Waals surface area contributed by atoms with Crippen LogP contribution < -0.4 is 22.5 Å². The van der Waals surface area contributed by atoms with E-state index < -0.39 is 13.6 Å². The molecule has 121 valence electrons. The summed E-state index contributed by atoms with van der Waals surface area (Å²) in [5.74, 6) is 2.93. The van der Waals surface area contributed by atoms with Crippen LogP contribution in [-0.2, 0) is 0 Å². The maximum atomic E-state index is 6.17. The molecule has 1 radical (unpaired) electrons. The molecule has 0 spiro atoms. The number of hydrogen-bond acceptors (Lipinski definition) is 2. The Kier molecular flexibility index (Phi) is 3.86. The van der Waals surface area contributed by atoms with Crippen molar-refractivity contribution >= 4 is 26.6 Å². The molecule has 3 heteroatoms. The summed E-state index contributed by atoms with van der Waals surface area (Å²) in [4.78, 5) is 0. The van der Waals surface area contributed by atoms with Crippen molar-refractivity contribution < 1.29 is 9.47 Å². The van der Waals surface area contributed by atoms with Crippen LogP contribution in [0.2, 0.25) is 5.71 Å². The van der Waals surface area contributed by atoms with E-state index in [1.807, 2.05) is 19.1 Å². The zero-order valence-electron chi connectivity index (χ0n) is 13.9. The van der Waals surface area contributed by atoms with Gasteiger partial charge in [-0.1, -0.05) is 0 Å². The third kappa shape index (κ3) is 2.34. The monoisotopic (exact) mass is 379 g/mol. The fourth-order valence-corrected chi connectivity index (χ4v) is 10.6. The van der Waals surface area contributed by atoms with E-state index >= 15 is 0 Å². The van der Waals surface area contributed by atoms with Gasteiger partial charge in [-0.25, -0.2) is 0 Å². The van der Waals surface area contributed by atoms with Gasteiger partial charge >= 0.3 is 145 Å². The van der Waals surface area contributed by atoms with Gasteiger partial charge in [-0.2, -0.15) is 0 Å². The van der Waals surface area contributed by atoms with Gasteiger partial charge in [-0.3, -0.25) is 0 Å². The third-order valence-electron chi connectivity index (χ3n) is 4.58. The van der Waals surface area contributed by atoms with Gasteiger partial charge in [-0.05, 0) is 0 Å². The van der Waals surface area contributed by atoms with Crippen molar-refractivity contribution in [1.29, 1.82) is 0 Å². The standard InChI is InChI=1S/C21H20AsO2/c1-3-23-17-14-12-16(13-15-17)22(2)18-8-4-6-10-20(18)24-21-11-7-5-9-19(21)22/h4-15H,3H2,1-2H3. The molecule has 0 N–H and O–H groups in total. The molecule has 0 bridgehead atoms. The van der Waals surface area contributed by atoms with Crippen molar-refractivity contribution in [2.45, 2.75) is 12.6 Å². The first kappa shape index (κ1) is 15.4. The van der Waals surface area contributed by atoms with E-state index in [0.29, 0.717) is 6.61 Å². The molecule has 0 unspecified atom stereocenters. The molecular formula is C21H20AsO2. The minimum absolute atomic E-state index is 0.691. The van der Waals surface area contributed by atoms with Gasteiger partial charge in [0.1, 0.15) is 0 Å². The van der Waals surface area contributed by atoms with Crippen LogP contribution in [0.15, 0.2) is 72.8 Å². The fraction of sp³-hybridized carbons (Fsp3) is 0.143. The SMILES string of the molecule is CCOc1ccc([As]2(C)c3ccccc3Oc3ccccc32)cc1. The van der Waals surface area contributed by atoms with Crippen LogP contribution in [0.5, 0.6) is 17.2 Å². The molecule has 3 aromatic rings. The summed E-state index contributed by atoms with van der Waals surface area (Å²) in [5.41, 5.74) is 2.44. The Morgan fingerprint density at radius 1 is 0.792 bits per heavy atom. The predicted molar refractivity (Wildman–Crippen MR) is 101 cm³/mol. The van der Waals surface area contributed by atoms with Crippen LogP contribution in [0.4, 0.5) is 0 Å². The topological polar surface area (TPSA) is 18.5 Å². The van der Waals surface area contributed by atoms with Crippen LogP contribution in [0.1, 0.15) is 6.92 Å². The van der Waals surface area contributed by atoms with E-state index in [1.54, 1.807) is 0 Å². The summed E-state index contributed by atoms with van der Waals surface area (Å²) >= 11 is -2.51. The quantitative estimate of drug-likeness (QED) is 0.651. The van der Waals surface area contributed by atoms with Crippen molar-refractivity contribution in [3.8, 4) is 17.2 Å². The fourth-order valence-electron chi connectivity index (χ4n) is 3.36. The second-order valence-electron chi connectivity index (χ2n) is 5.97. The molecule has 24 heavy (non-hydrogen) atoms. The number of fused-ring (bicyclic) bond motifs is 2. The first-order chi connectivity index (χ1) is 11.7. The van der Waals surface area contributed by atoms with Gasteiger partial charge in [0.05, 0.1) is 0 Å². The molecule has 1 heterocycles. The maximum absolute atomic E-state index is 6.17. The molecule has 0 aromatic heterocycles. The summed E-state index contributed by atoms with van der Waals surface area (Å²) in [7, 11) is 0. The zero-order valence-corrected chi connectivity index (χ0v) is 15.8. The molecule has 0 fully saturated rings. The Morgan fingerprint density at radius 2 is 1.33 bits per heavy atom. The summed E-state index contributed by atoms with van der Waals surface area (Å²) < 4.78 is 15.9.